The molecule has 1 aromatic rings. The number of amides is 1. The fourth-order valence-corrected chi connectivity index (χ4v) is 3.05. The van der Waals surface area contributed by atoms with Crippen molar-refractivity contribution in [2.75, 3.05) is 31.1 Å². The molecule has 7 heteroatoms. The zero-order valence-electron chi connectivity index (χ0n) is 12.6. The van der Waals surface area contributed by atoms with Crippen molar-refractivity contribution in [3.8, 4) is 0 Å². The summed E-state index contributed by atoms with van der Waals surface area (Å²) in [6.07, 6.45) is 5.40. The minimum atomic E-state index is -0.759. The summed E-state index contributed by atoms with van der Waals surface area (Å²) in [5.41, 5.74) is 0.891. The molecule has 1 atom stereocenters. The maximum atomic E-state index is 11.5. The number of carboxylic acid groups (broad SMARTS) is 1. The van der Waals surface area contributed by atoms with Crippen LogP contribution in [0.2, 0.25) is 0 Å². The lowest BCUT2D eigenvalue weighted by atomic mass is 9.95. The molecule has 3 rings (SSSR count). The van der Waals surface area contributed by atoms with Crippen LogP contribution < -0.4 is 4.90 Å². The lowest BCUT2D eigenvalue weighted by molar-refractivity contribution is -0.142. The van der Waals surface area contributed by atoms with E-state index in [1.165, 1.54) is 0 Å². The van der Waals surface area contributed by atoms with E-state index in [4.69, 9.17) is 5.11 Å². The van der Waals surface area contributed by atoms with Gasteiger partial charge in [-0.05, 0) is 12.8 Å². The number of carboxylic acids is 1. The number of nitrogens with zero attached hydrogens (tertiary/aromatic N) is 4. The Kier molecular flexibility index (Phi) is 3.96. The third kappa shape index (κ3) is 2.88. The van der Waals surface area contributed by atoms with Crippen LogP contribution in [-0.2, 0) is 9.59 Å². The van der Waals surface area contributed by atoms with Crippen molar-refractivity contribution >= 4 is 17.7 Å². The van der Waals surface area contributed by atoms with Gasteiger partial charge >= 0.3 is 5.97 Å². The van der Waals surface area contributed by atoms with E-state index in [1.54, 1.807) is 19.3 Å². The molecule has 22 heavy (non-hydrogen) atoms. The average Bonchev–Trinajstić information content (AvgIpc) is 2.46. The predicted octanol–water partition coefficient (Wildman–Crippen LogP) is 0.723. The number of carbonyl (C=O) groups excluding carboxylic acids is 1. The van der Waals surface area contributed by atoms with Gasteiger partial charge in [-0.25, -0.2) is 4.98 Å². The Balaban J connectivity index is 1.69. The van der Waals surface area contributed by atoms with E-state index in [9.17, 15) is 9.59 Å². The van der Waals surface area contributed by atoms with E-state index >= 15 is 0 Å². The monoisotopic (exact) mass is 304 g/mol. The van der Waals surface area contributed by atoms with Crippen molar-refractivity contribution in [3.05, 3.63) is 18.1 Å². The number of hydrogen-bond donors (Lipinski definition) is 1. The van der Waals surface area contributed by atoms with Crippen LogP contribution in [0.25, 0.3) is 0 Å². The standard InChI is InChI=1S/C15H20N4O3/c1-10(20)18-4-2-3-11(7-18)13-5-16-6-14(17-13)19-8-12(9-19)15(21)22/h5-6,11-12H,2-4,7-9H2,1H3,(H,21,22). The second-order valence-electron chi connectivity index (χ2n) is 6.05. The average molecular weight is 304 g/mol. The van der Waals surface area contributed by atoms with Crippen molar-refractivity contribution in [2.45, 2.75) is 25.7 Å². The molecular weight excluding hydrogens is 284 g/mol. The van der Waals surface area contributed by atoms with E-state index in [0.717, 1.165) is 30.9 Å². The summed E-state index contributed by atoms with van der Waals surface area (Å²) in [6.45, 7) is 4.06. The van der Waals surface area contributed by atoms with Crippen LogP contribution in [0.3, 0.4) is 0 Å². The van der Waals surface area contributed by atoms with Crippen molar-refractivity contribution in [3.63, 3.8) is 0 Å². The number of carbonyl (C=O) groups is 2. The number of aromatic nitrogens is 2. The lowest BCUT2D eigenvalue weighted by Gasteiger charge is -2.38. The number of rotatable bonds is 3. The maximum absolute atomic E-state index is 11.5. The summed E-state index contributed by atoms with van der Waals surface area (Å²) < 4.78 is 0. The van der Waals surface area contributed by atoms with Gasteiger partial charge in [0, 0.05) is 45.2 Å². The molecule has 7 nitrogen and oxygen atoms in total. The van der Waals surface area contributed by atoms with Gasteiger partial charge in [0.2, 0.25) is 5.91 Å². The van der Waals surface area contributed by atoms with Gasteiger partial charge in [0.1, 0.15) is 5.82 Å². The minimum absolute atomic E-state index is 0.0980. The molecule has 0 saturated carbocycles. The smallest absolute Gasteiger partial charge is 0.310 e. The summed E-state index contributed by atoms with van der Waals surface area (Å²) >= 11 is 0. The summed E-state index contributed by atoms with van der Waals surface area (Å²) in [6, 6.07) is 0. The summed E-state index contributed by atoms with van der Waals surface area (Å²) in [5, 5.41) is 8.94. The summed E-state index contributed by atoms with van der Waals surface area (Å²) in [5.74, 6) is -0.0319. The highest BCUT2D eigenvalue weighted by Crippen LogP contribution is 2.28. The largest absolute Gasteiger partial charge is 0.481 e. The van der Waals surface area contributed by atoms with Gasteiger partial charge in [-0.3, -0.25) is 14.6 Å². The van der Waals surface area contributed by atoms with E-state index in [0.29, 0.717) is 19.6 Å². The highest BCUT2D eigenvalue weighted by Gasteiger charge is 2.34. The van der Waals surface area contributed by atoms with Crippen LogP contribution in [0.15, 0.2) is 12.4 Å². The van der Waals surface area contributed by atoms with Crippen LogP contribution in [0, 0.1) is 5.92 Å². The van der Waals surface area contributed by atoms with E-state index < -0.39 is 5.97 Å². The summed E-state index contributed by atoms with van der Waals surface area (Å²) in [4.78, 5) is 35.1. The third-order valence-electron chi connectivity index (χ3n) is 4.48. The van der Waals surface area contributed by atoms with Crippen molar-refractivity contribution in [1.82, 2.24) is 14.9 Å². The Bertz CT molecular complexity index is 586. The molecular formula is C15H20N4O3. The molecule has 0 aromatic carbocycles. The third-order valence-corrected chi connectivity index (χ3v) is 4.48. The Morgan fingerprint density at radius 1 is 1.27 bits per heavy atom. The topological polar surface area (TPSA) is 86.6 Å². The molecule has 2 aliphatic rings. The van der Waals surface area contributed by atoms with Gasteiger partial charge in [-0.1, -0.05) is 0 Å². The molecule has 3 heterocycles. The number of anilines is 1. The van der Waals surface area contributed by atoms with Crippen molar-refractivity contribution < 1.29 is 14.7 Å². The number of piperidine rings is 1. The fourth-order valence-electron chi connectivity index (χ4n) is 3.05. The quantitative estimate of drug-likeness (QED) is 0.885. The molecule has 1 amide bonds. The molecule has 2 fully saturated rings. The van der Waals surface area contributed by atoms with E-state index in [1.807, 2.05) is 9.80 Å². The first-order chi connectivity index (χ1) is 10.5. The van der Waals surface area contributed by atoms with Crippen molar-refractivity contribution in [1.29, 1.82) is 0 Å². The molecule has 1 unspecified atom stereocenters. The molecule has 1 aromatic heterocycles. The van der Waals surface area contributed by atoms with Gasteiger partial charge in [0.25, 0.3) is 0 Å². The Morgan fingerprint density at radius 2 is 2.05 bits per heavy atom. The summed E-state index contributed by atoms with van der Waals surface area (Å²) in [7, 11) is 0. The Morgan fingerprint density at radius 3 is 2.73 bits per heavy atom. The fraction of sp³-hybridized carbons (Fsp3) is 0.600. The Hall–Kier alpha value is -2.18. The zero-order valence-corrected chi connectivity index (χ0v) is 12.6. The second-order valence-corrected chi connectivity index (χ2v) is 6.05. The molecule has 118 valence electrons. The van der Waals surface area contributed by atoms with Crippen LogP contribution >= 0.6 is 0 Å². The SMILES string of the molecule is CC(=O)N1CCCC(c2cncc(N3CC(C(=O)O)C3)n2)C1. The van der Waals surface area contributed by atoms with Crippen LogP contribution in [0.5, 0.6) is 0 Å². The molecule has 0 bridgehead atoms. The number of aliphatic carboxylic acids is 1. The van der Waals surface area contributed by atoms with Gasteiger partial charge in [-0.2, -0.15) is 0 Å². The van der Waals surface area contributed by atoms with E-state index in [2.05, 4.69) is 9.97 Å². The number of hydrogen-bond acceptors (Lipinski definition) is 5. The van der Waals surface area contributed by atoms with E-state index in [-0.39, 0.29) is 17.7 Å². The lowest BCUT2D eigenvalue weighted by Crippen LogP contribution is -2.51. The van der Waals surface area contributed by atoms with Gasteiger partial charge in [0.15, 0.2) is 0 Å². The second kappa shape index (κ2) is 5.90. The van der Waals surface area contributed by atoms with Crippen LogP contribution in [0.1, 0.15) is 31.4 Å². The normalized spacial score (nSPS) is 22.3. The first kappa shape index (κ1) is 14.7. The molecule has 2 saturated heterocycles. The van der Waals surface area contributed by atoms with Crippen molar-refractivity contribution in [2.24, 2.45) is 5.92 Å². The van der Waals surface area contributed by atoms with Crippen LogP contribution in [0.4, 0.5) is 5.82 Å². The molecule has 0 aliphatic carbocycles. The molecule has 0 spiro atoms. The van der Waals surface area contributed by atoms with Crippen LogP contribution in [-0.4, -0.2) is 58.0 Å². The molecule has 2 aliphatic heterocycles. The predicted molar refractivity (Wildman–Crippen MR) is 79.6 cm³/mol. The Labute approximate surface area is 129 Å². The molecule has 0 radical (unpaired) electrons. The number of likely N-dealkylation sites (tertiary alicyclic amines) is 1. The highest BCUT2D eigenvalue weighted by molar-refractivity contribution is 5.74. The van der Waals surface area contributed by atoms with Gasteiger partial charge < -0.3 is 14.9 Å². The minimum Gasteiger partial charge on any atom is -0.481 e. The molecule has 1 N–H and O–H groups in total. The zero-order chi connectivity index (χ0) is 15.7. The van der Waals surface area contributed by atoms with Gasteiger partial charge in [-0.15, -0.1) is 0 Å². The first-order valence-electron chi connectivity index (χ1n) is 7.60. The maximum Gasteiger partial charge on any atom is 0.310 e. The van der Waals surface area contributed by atoms with Gasteiger partial charge in [0.05, 0.1) is 17.8 Å². The highest BCUT2D eigenvalue weighted by atomic mass is 16.4. The first-order valence-corrected chi connectivity index (χ1v) is 7.60.